The Labute approximate surface area is 80.3 Å². The zero-order valence-corrected chi connectivity index (χ0v) is 7.70. The fourth-order valence-corrected chi connectivity index (χ4v) is 1.38. The Morgan fingerprint density at radius 1 is 1.36 bits per heavy atom. The van der Waals surface area contributed by atoms with E-state index in [4.69, 9.17) is 10.5 Å². The summed E-state index contributed by atoms with van der Waals surface area (Å²) in [5, 5.41) is 0.892. The summed E-state index contributed by atoms with van der Waals surface area (Å²) in [6.07, 6.45) is 0. The van der Waals surface area contributed by atoms with Crippen molar-refractivity contribution in [2.24, 2.45) is 0 Å². The third-order valence-corrected chi connectivity index (χ3v) is 2.07. The molecular weight excluding hydrogens is 180 g/mol. The van der Waals surface area contributed by atoms with E-state index in [2.05, 4.69) is 4.98 Å². The van der Waals surface area contributed by atoms with E-state index in [1.54, 1.807) is 25.3 Å². The van der Waals surface area contributed by atoms with E-state index in [0.29, 0.717) is 11.4 Å². The molecule has 1 heterocycles. The second-order valence-corrected chi connectivity index (χ2v) is 3.00. The summed E-state index contributed by atoms with van der Waals surface area (Å²) in [5.41, 5.74) is 6.87. The van der Waals surface area contributed by atoms with Gasteiger partial charge in [-0.25, -0.2) is 0 Å². The van der Waals surface area contributed by atoms with Crippen molar-refractivity contribution >= 4 is 16.6 Å². The Morgan fingerprint density at radius 2 is 2.14 bits per heavy atom. The lowest BCUT2D eigenvalue weighted by Crippen LogP contribution is -2.03. The second-order valence-electron chi connectivity index (χ2n) is 3.00. The number of H-pyrrole nitrogens is 1. The van der Waals surface area contributed by atoms with Crippen molar-refractivity contribution in [2.45, 2.75) is 0 Å². The molecule has 0 aliphatic rings. The lowest BCUT2D eigenvalue weighted by molar-refractivity contribution is 0.417. The van der Waals surface area contributed by atoms with Gasteiger partial charge in [-0.2, -0.15) is 0 Å². The molecule has 0 atom stereocenters. The largest absolute Gasteiger partial charge is 0.495 e. The summed E-state index contributed by atoms with van der Waals surface area (Å²) in [6, 6.07) is 6.67. The van der Waals surface area contributed by atoms with E-state index in [0.717, 1.165) is 10.9 Å². The molecule has 0 radical (unpaired) electrons. The predicted octanol–water partition coefficient (Wildman–Crippen LogP) is 1.12. The van der Waals surface area contributed by atoms with Crippen LogP contribution < -0.4 is 16.0 Å². The fourth-order valence-electron chi connectivity index (χ4n) is 1.38. The molecule has 0 saturated carbocycles. The maximum absolute atomic E-state index is 11.0. The quantitative estimate of drug-likeness (QED) is 0.662. The van der Waals surface area contributed by atoms with Crippen LogP contribution in [0.1, 0.15) is 0 Å². The normalized spacial score (nSPS) is 10.4. The molecule has 2 rings (SSSR count). The van der Waals surface area contributed by atoms with Crippen LogP contribution in [0.3, 0.4) is 0 Å². The van der Waals surface area contributed by atoms with Gasteiger partial charge in [-0.3, -0.25) is 4.79 Å². The van der Waals surface area contributed by atoms with Crippen LogP contribution in [-0.2, 0) is 0 Å². The van der Waals surface area contributed by atoms with Crippen molar-refractivity contribution in [3.8, 4) is 5.75 Å². The number of anilines is 1. The molecule has 0 aliphatic carbocycles. The summed E-state index contributed by atoms with van der Waals surface area (Å²) >= 11 is 0. The SMILES string of the molecule is COc1cc2[nH]c(=O)ccc2cc1N. The number of aromatic amines is 1. The van der Waals surface area contributed by atoms with Crippen molar-refractivity contribution in [2.75, 3.05) is 12.8 Å². The van der Waals surface area contributed by atoms with Crippen molar-refractivity contribution in [1.29, 1.82) is 0 Å². The molecule has 0 bridgehead atoms. The van der Waals surface area contributed by atoms with E-state index in [9.17, 15) is 4.79 Å². The summed E-state index contributed by atoms with van der Waals surface area (Å²) in [7, 11) is 1.54. The molecule has 2 aromatic rings. The van der Waals surface area contributed by atoms with Gasteiger partial charge in [-0.15, -0.1) is 0 Å². The minimum atomic E-state index is -0.135. The zero-order valence-electron chi connectivity index (χ0n) is 7.70. The van der Waals surface area contributed by atoms with Gasteiger partial charge in [-0.1, -0.05) is 0 Å². The minimum Gasteiger partial charge on any atom is -0.495 e. The molecule has 0 amide bonds. The van der Waals surface area contributed by atoms with Crippen molar-refractivity contribution in [1.82, 2.24) is 4.98 Å². The number of pyridine rings is 1. The van der Waals surface area contributed by atoms with Crippen LogP contribution in [-0.4, -0.2) is 12.1 Å². The van der Waals surface area contributed by atoms with Crippen LogP contribution in [0, 0.1) is 0 Å². The van der Waals surface area contributed by atoms with Gasteiger partial charge in [-0.05, 0) is 12.1 Å². The van der Waals surface area contributed by atoms with Crippen LogP contribution in [0.4, 0.5) is 5.69 Å². The molecular formula is C10H10N2O2. The molecule has 4 nitrogen and oxygen atoms in total. The van der Waals surface area contributed by atoms with E-state index < -0.39 is 0 Å². The smallest absolute Gasteiger partial charge is 0.248 e. The number of hydrogen-bond donors (Lipinski definition) is 2. The molecule has 0 fully saturated rings. The van der Waals surface area contributed by atoms with Gasteiger partial charge in [0, 0.05) is 17.5 Å². The second kappa shape index (κ2) is 3.06. The highest BCUT2D eigenvalue weighted by atomic mass is 16.5. The van der Waals surface area contributed by atoms with Crippen LogP contribution in [0.5, 0.6) is 5.75 Å². The van der Waals surface area contributed by atoms with E-state index >= 15 is 0 Å². The Bertz CT molecular complexity index is 531. The third-order valence-electron chi connectivity index (χ3n) is 2.07. The molecule has 4 heteroatoms. The van der Waals surface area contributed by atoms with E-state index in [1.165, 1.54) is 6.07 Å². The Morgan fingerprint density at radius 3 is 2.86 bits per heavy atom. The summed E-state index contributed by atoms with van der Waals surface area (Å²) in [5.74, 6) is 0.569. The summed E-state index contributed by atoms with van der Waals surface area (Å²) in [4.78, 5) is 13.7. The van der Waals surface area contributed by atoms with Gasteiger partial charge in [0.2, 0.25) is 5.56 Å². The van der Waals surface area contributed by atoms with Crippen LogP contribution >= 0.6 is 0 Å². The maximum Gasteiger partial charge on any atom is 0.248 e. The number of rotatable bonds is 1. The molecule has 0 unspecified atom stereocenters. The first-order valence-electron chi connectivity index (χ1n) is 4.17. The van der Waals surface area contributed by atoms with Crippen molar-refractivity contribution in [3.05, 3.63) is 34.6 Å². The molecule has 1 aromatic heterocycles. The van der Waals surface area contributed by atoms with Crippen LogP contribution in [0.25, 0.3) is 10.9 Å². The highest BCUT2D eigenvalue weighted by Crippen LogP contribution is 2.25. The molecule has 72 valence electrons. The number of benzene rings is 1. The molecule has 0 aliphatic heterocycles. The number of methoxy groups -OCH3 is 1. The van der Waals surface area contributed by atoms with Gasteiger partial charge in [0.05, 0.1) is 18.3 Å². The van der Waals surface area contributed by atoms with Gasteiger partial charge in [0.25, 0.3) is 0 Å². The summed E-state index contributed by atoms with van der Waals surface area (Å²) < 4.78 is 5.05. The molecule has 0 spiro atoms. The van der Waals surface area contributed by atoms with Gasteiger partial charge in [0.1, 0.15) is 5.75 Å². The zero-order chi connectivity index (χ0) is 10.1. The van der Waals surface area contributed by atoms with Gasteiger partial charge < -0.3 is 15.5 Å². The Kier molecular flexibility index (Phi) is 1.89. The van der Waals surface area contributed by atoms with Crippen molar-refractivity contribution in [3.63, 3.8) is 0 Å². The average Bonchev–Trinajstić information content (AvgIpc) is 2.17. The molecule has 14 heavy (non-hydrogen) atoms. The Balaban J connectivity index is 2.80. The minimum absolute atomic E-state index is 0.135. The van der Waals surface area contributed by atoms with Gasteiger partial charge >= 0.3 is 0 Å². The Hall–Kier alpha value is -1.97. The van der Waals surface area contributed by atoms with E-state index in [-0.39, 0.29) is 5.56 Å². The summed E-state index contributed by atoms with van der Waals surface area (Å²) in [6.45, 7) is 0. The highest BCUT2D eigenvalue weighted by Gasteiger charge is 2.02. The van der Waals surface area contributed by atoms with E-state index in [1.807, 2.05) is 0 Å². The highest BCUT2D eigenvalue weighted by molar-refractivity contribution is 5.84. The van der Waals surface area contributed by atoms with Gasteiger partial charge in [0.15, 0.2) is 0 Å². The number of aromatic nitrogens is 1. The number of nitrogens with one attached hydrogen (secondary N) is 1. The first-order valence-corrected chi connectivity index (χ1v) is 4.17. The molecule has 1 aromatic carbocycles. The molecule has 3 N–H and O–H groups in total. The lowest BCUT2D eigenvalue weighted by atomic mass is 10.2. The predicted molar refractivity (Wildman–Crippen MR) is 55.5 cm³/mol. The number of ether oxygens (including phenoxy) is 1. The first kappa shape index (κ1) is 8.62. The van der Waals surface area contributed by atoms with Crippen LogP contribution in [0.2, 0.25) is 0 Å². The fraction of sp³-hybridized carbons (Fsp3) is 0.100. The third kappa shape index (κ3) is 1.31. The maximum atomic E-state index is 11.0. The number of hydrogen-bond acceptors (Lipinski definition) is 3. The monoisotopic (exact) mass is 190 g/mol. The first-order chi connectivity index (χ1) is 6.70. The lowest BCUT2D eigenvalue weighted by Gasteiger charge is -2.05. The van der Waals surface area contributed by atoms with Crippen LogP contribution in [0.15, 0.2) is 29.1 Å². The number of nitrogen functional groups attached to an aromatic ring is 1. The van der Waals surface area contributed by atoms with Crippen molar-refractivity contribution < 1.29 is 4.74 Å². The topological polar surface area (TPSA) is 68.1 Å². The standard InChI is InChI=1S/C10H10N2O2/c1-14-9-5-8-6(4-7(9)11)2-3-10(13)12-8/h2-5H,11H2,1H3,(H,12,13). The number of fused-ring (bicyclic) bond motifs is 1. The number of nitrogens with two attached hydrogens (primary N) is 1. The molecule has 0 saturated heterocycles. The average molecular weight is 190 g/mol.